The van der Waals surface area contributed by atoms with Crippen LogP contribution < -0.4 is 5.32 Å². The third-order valence-electron chi connectivity index (χ3n) is 2.14. The maximum absolute atomic E-state index is 10.6. The molecule has 0 spiro atoms. The molecule has 4 nitrogen and oxygen atoms in total. The molecule has 0 radical (unpaired) electrons. The molecule has 1 unspecified atom stereocenters. The Labute approximate surface area is 79.3 Å². The van der Waals surface area contributed by atoms with Gasteiger partial charge in [0.05, 0.1) is 18.6 Å². The quantitative estimate of drug-likeness (QED) is 0.624. The molecule has 0 amide bonds. The highest BCUT2D eigenvalue weighted by atomic mass is 16.5. The van der Waals surface area contributed by atoms with Crippen LogP contribution in [0.2, 0.25) is 0 Å². The number of carboxylic acids is 1. The molecular weight excluding hydrogens is 170 g/mol. The minimum Gasteiger partial charge on any atom is -0.481 e. The lowest BCUT2D eigenvalue weighted by Crippen LogP contribution is -2.50. The van der Waals surface area contributed by atoms with Gasteiger partial charge in [0.15, 0.2) is 0 Å². The van der Waals surface area contributed by atoms with E-state index in [0.29, 0.717) is 6.61 Å². The van der Waals surface area contributed by atoms with Crippen LogP contribution in [-0.4, -0.2) is 36.9 Å². The van der Waals surface area contributed by atoms with Crippen LogP contribution in [0.15, 0.2) is 0 Å². The second-order valence-corrected chi connectivity index (χ2v) is 3.17. The number of hydrogen-bond acceptors (Lipinski definition) is 3. The van der Waals surface area contributed by atoms with Crippen LogP contribution in [0, 0.1) is 0 Å². The number of methoxy groups -OCH3 is 1. The summed E-state index contributed by atoms with van der Waals surface area (Å²) >= 11 is 0. The van der Waals surface area contributed by atoms with Crippen molar-refractivity contribution in [3.8, 4) is 0 Å². The van der Waals surface area contributed by atoms with Crippen molar-refractivity contribution in [2.75, 3.05) is 20.3 Å². The first-order valence-electron chi connectivity index (χ1n) is 4.56. The van der Waals surface area contributed by atoms with Crippen molar-refractivity contribution in [2.24, 2.45) is 0 Å². The Morgan fingerprint density at radius 2 is 2.15 bits per heavy atom. The van der Waals surface area contributed by atoms with Crippen LogP contribution >= 0.6 is 0 Å². The molecule has 78 valence electrons. The number of aliphatic carboxylic acids is 1. The number of ether oxygens (including phenoxy) is 1. The predicted octanol–water partition coefficient (Wildman–Crippen LogP) is 0.866. The first-order valence-corrected chi connectivity index (χ1v) is 4.56. The highest BCUT2D eigenvalue weighted by Gasteiger charge is 2.29. The number of rotatable bonds is 7. The van der Waals surface area contributed by atoms with Crippen LogP contribution in [-0.2, 0) is 9.53 Å². The van der Waals surface area contributed by atoms with E-state index < -0.39 is 11.5 Å². The number of nitrogens with one attached hydrogen (secondary N) is 1. The Morgan fingerprint density at radius 1 is 1.54 bits per heavy atom. The van der Waals surface area contributed by atoms with Crippen LogP contribution in [0.4, 0.5) is 0 Å². The Bertz CT molecular complexity index is 153. The maximum atomic E-state index is 10.6. The van der Waals surface area contributed by atoms with Gasteiger partial charge in [0.1, 0.15) is 0 Å². The molecule has 1 atom stereocenters. The second-order valence-electron chi connectivity index (χ2n) is 3.17. The first kappa shape index (κ1) is 12.4. The first-order chi connectivity index (χ1) is 6.10. The largest absolute Gasteiger partial charge is 0.481 e. The van der Waals surface area contributed by atoms with E-state index in [9.17, 15) is 4.79 Å². The molecule has 0 fully saturated rings. The van der Waals surface area contributed by atoms with E-state index in [1.807, 2.05) is 13.8 Å². The fraction of sp³-hybridized carbons (Fsp3) is 0.889. The molecule has 2 N–H and O–H groups in total. The number of likely N-dealkylation sites (N-methyl/N-ethyl adjacent to an activating group) is 1. The molecule has 0 aliphatic heterocycles. The summed E-state index contributed by atoms with van der Waals surface area (Å²) in [4.78, 5) is 10.6. The Balaban J connectivity index is 4.33. The average Bonchev–Trinajstić information content (AvgIpc) is 2.04. The Hall–Kier alpha value is -0.610. The minimum absolute atomic E-state index is 0.102. The number of hydrogen-bond donors (Lipinski definition) is 2. The molecule has 0 rings (SSSR count). The molecule has 0 heterocycles. The van der Waals surface area contributed by atoms with Crippen molar-refractivity contribution in [3.63, 3.8) is 0 Å². The highest BCUT2D eigenvalue weighted by Crippen LogP contribution is 2.15. The summed E-state index contributed by atoms with van der Waals surface area (Å²) in [5.74, 6) is -0.792. The van der Waals surface area contributed by atoms with Gasteiger partial charge in [-0.1, -0.05) is 13.8 Å². The van der Waals surface area contributed by atoms with Gasteiger partial charge in [0.2, 0.25) is 0 Å². The summed E-state index contributed by atoms with van der Waals surface area (Å²) in [5.41, 5.74) is -0.407. The normalized spacial score (nSPS) is 15.3. The SMILES string of the molecule is CCNC(CC)(COC)CC(=O)O. The highest BCUT2D eigenvalue weighted by molar-refractivity contribution is 5.68. The summed E-state index contributed by atoms with van der Waals surface area (Å²) in [6.07, 6.45) is 0.853. The molecule has 4 heteroatoms. The van der Waals surface area contributed by atoms with E-state index in [4.69, 9.17) is 9.84 Å². The fourth-order valence-corrected chi connectivity index (χ4v) is 1.46. The monoisotopic (exact) mass is 189 g/mol. The lowest BCUT2D eigenvalue weighted by Gasteiger charge is -2.31. The van der Waals surface area contributed by atoms with Crippen molar-refractivity contribution < 1.29 is 14.6 Å². The zero-order chi connectivity index (χ0) is 10.3. The summed E-state index contributed by atoms with van der Waals surface area (Å²) in [6, 6.07) is 0. The van der Waals surface area contributed by atoms with E-state index in [-0.39, 0.29) is 6.42 Å². The van der Waals surface area contributed by atoms with Crippen molar-refractivity contribution in [3.05, 3.63) is 0 Å². The molecule has 0 aliphatic carbocycles. The van der Waals surface area contributed by atoms with Gasteiger partial charge in [-0.25, -0.2) is 0 Å². The molecule has 0 saturated heterocycles. The van der Waals surface area contributed by atoms with E-state index in [0.717, 1.165) is 13.0 Å². The fourth-order valence-electron chi connectivity index (χ4n) is 1.46. The van der Waals surface area contributed by atoms with Crippen molar-refractivity contribution in [2.45, 2.75) is 32.2 Å². The van der Waals surface area contributed by atoms with Crippen LogP contribution in [0.5, 0.6) is 0 Å². The standard InChI is InChI=1S/C9H19NO3/c1-4-9(7-13-3,10-5-2)6-8(11)12/h10H,4-7H2,1-3H3,(H,11,12). The zero-order valence-corrected chi connectivity index (χ0v) is 8.59. The number of carboxylic acid groups (broad SMARTS) is 1. The molecule has 0 aromatic rings. The van der Waals surface area contributed by atoms with Gasteiger partial charge in [-0.05, 0) is 13.0 Å². The van der Waals surface area contributed by atoms with E-state index in [1.165, 1.54) is 0 Å². The van der Waals surface area contributed by atoms with Crippen molar-refractivity contribution in [1.29, 1.82) is 0 Å². The lowest BCUT2D eigenvalue weighted by atomic mass is 9.93. The van der Waals surface area contributed by atoms with Gasteiger partial charge in [0, 0.05) is 7.11 Å². The summed E-state index contributed by atoms with van der Waals surface area (Å²) in [6.45, 7) is 5.11. The van der Waals surface area contributed by atoms with Gasteiger partial charge < -0.3 is 15.2 Å². The van der Waals surface area contributed by atoms with Crippen molar-refractivity contribution >= 4 is 5.97 Å². The van der Waals surface area contributed by atoms with E-state index in [1.54, 1.807) is 7.11 Å². The molecule has 13 heavy (non-hydrogen) atoms. The minimum atomic E-state index is -0.792. The number of carbonyl (C=O) groups is 1. The van der Waals surface area contributed by atoms with Gasteiger partial charge in [-0.15, -0.1) is 0 Å². The lowest BCUT2D eigenvalue weighted by molar-refractivity contribution is -0.139. The van der Waals surface area contributed by atoms with Gasteiger partial charge in [-0.2, -0.15) is 0 Å². The maximum Gasteiger partial charge on any atom is 0.305 e. The predicted molar refractivity (Wildman–Crippen MR) is 50.8 cm³/mol. The molecule has 0 aliphatic rings. The van der Waals surface area contributed by atoms with Crippen LogP contribution in [0.1, 0.15) is 26.7 Å². The Morgan fingerprint density at radius 3 is 2.46 bits per heavy atom. The van der Waals surface area contributed by atoms with Crippen molar-refractivity contribution in [1.82, 2.24) is 5.32 Å². The molecular formula is C9H19NO3. The molecule has 0 saturated carbocycles. The summed E-state index contributed by atoms with van der Waals surface area (Å²) in [5, 5.41) is 11.9. The second kappa shape index (κ2) is 5.94. The summed E-state index contributed by atoms with van der Waals surface area (Å²) in [7, 11) is 1.59. The van der Waals surface area contributed by atoms with Crippen LogP contribution in [0.25, 0.3) is 0 Å². The third kappa shape index (κ3) is 4.24. The topological polar surface area (TPSA) is 58.6 Å². The van der Waals surface area contributed by atoms with Gasteiger partial charge in [-0.3, -0.25) is 4.79 Å². The molecule has 0 bridgehead atoms. The van der Waals surface area contributed by atoms with E-state index >= 15 is 0 Å². The van der Waals surface area contributed by atoms with E-state index in [2.05, 4.69) is 5.32 Å². The van der Waals surface area contributed by atoms with Gasteiger partial charge >= 0.3 is 5.97 Å². The van der Waals surface area contributed by atoms with Crippen LogP contribution in [0.3, 0.4) is 0 Å². The third-order valence-corrected chi connectivity index (χ3v) is 2.14. The molecule has 0 aromatic heterocycles. The smallest absolute Gasteiger partial charge is 0.305 e. The Kier molecular flexibility index (Phi) is 5.66. The summed E-state index contributed by atoms with van der Waals surface area (Å²) < 4.78 is 5.03. The van der Waals surface area contributed by atoms with Gasteiger partial charge in [0.25, 0.3) is 0 Å². The zero-order valence-electron chi connectivity index (χ0n) is 8.59. The molecule has 0 aromatic carbocycles. The average molecular weight is 189 g/mol.